The Labute approximate surface area is 173 Å². The number of fused-ring (bicyclic) bond motifs is 3. The average Bonchev–Trinajstić information content (AvgIpc) is 3.06. The number of aromatic nitrogens is 1. The number of rotatable bonds is 5. The van der Waals surface area contributed by atoms with E-state index in [4.69, 9.17) is 16.3 Å². The molecule has 29 heavy (non-hydrogen) atoms. The lowest BCUT2D eigenvalue weighted by Gasteiger charge is -2.14. The van der Waals surface area contributed by atoms with Gasteiger partial charge in [-0.15, -0.1) is 0 Å². The number of hydrogen-bond donors (Lipinski definition) is 2. The van der Waals surface area contributed by atoms with E-state index >= 15 is 0 Å². The molecule has 1 aliphatic carbocycles. The van der Waals surface area contributed by atoms with Gasteiger partial charge in [0.05, 0.1) is 0 Å². The van der Waals surface area contributed by atoms with Crippen molar-refractivity contribution in [1.29, 1.82) is 0 Å². The minimum Gasteiger partial charge on any atom is -0.449 e. The van der Waals surface area contributed by atoms with Gasteiger partial charge < -0.3 is 15.0 Å². The first-order chi connectivity index (χ1) is 14.1. The number of aromatic amines is 1. The number of alkyl carbamates (subject to hydrolysis) is 1. The maximum absolute atomic E-state index is 12.1. The molecule has 0 unspecified atom stereocenters. The van der Waals surface area contributed by atoms with Crippen LogP contribution < -0.4 is 10.9 Å². The highest BCUT2D eigenvalue weighted by atomic mass is 35.5. The van der Waals surface area contributed by atoms with Crippen molar-refractivity contribution in [3.05, 3.63) is 98.9 Å². The molecule has 0 saturated heterocycles. The molecule has 0 radical (unpaired) electrons. The predicted octanol–water partition coefficient (Wildman–Crippen LogP) is 4.58. The summed E-state index contributed by atoms with van der Waals surface area (Å²) in [4.78, 5) is 25.9. The van der Waals surface area contributed by atoms with Crippen LogP contribution in [0.3, 0.4) is 0 Å². The number of amides is 1. The summed E-state index contributed by atoms with van der Waals surface area (Å²) in [5, 5.41) is 2.82. The van der Waals surface area contributed by atoms with Gasteiger partial charge in [0.1, 0.15) is 11.6 Å². The summed E-state index contributed by atoms with van der Waals surface area (Å²) in [5.74, 6) is 0.0342. The highest BCUT2D eigenvalue weighted by Gasteiger charge is 2.28. The largest absolute Gasteiger partial charge is 0.449 e. The van der Waals surface area contributed by atoms with Crippen molar-refractivity contribution in [2.24, 2.45) is 0 Å². The number of carbonyl (C=O) groups excluding carboxylic acids is 1. The minimum atomic E-state index is -0.476. The summed E-state index contributed by atoms with van der Waals surface area (Å²) >= 11 is 5.79. The minimum absolute atomic E-state index is 0.0342. The van der Waals surface area contributed by atoms with Crippen LogP contribution >= 0.6 is 11.6 Å². The standard InChI is InChI=1S/C23H19ClN2O3/c24-21-12-15(13-26-22(21)27)6-5-11-25-23(28)29-14-20-18-9-3-1-7-16(18)17-8-2-4-10-19(17)20/h1-10,12-13,20H,11,14H2,(H,25,28)(H,26,27). The molecule has 0 saturated carbocycles. The fraction of sp³-hybridized carbons (Fsp3) is 0.130. The number of H-pyrrole nitrogens is 1. The van der Waals surface area contributed by atoms with Crippen LogP contribution in [0.15, 0.2) is 71.7 Å². The van der Waals surface area contributed by atoms with Crippen molar-refractivity contribution >= 4 is 23.8 Å². The molecule has 2 N–H and O–H groups in total. The highest BCUT2D eigenvalue weighted by Crippen LogP contribution is 2.44. The average molecular weight is 407 g/mol. The third-order valence-electron chi connectivity index (χ3n) is 4.90. The van der Waals surface area contributed by atoms with Gasteiger partial charge in [0.25, 0.3) is 5.56 Å². The van der Waals surface area contributed by atoms with Crippen LogP contribution in [0.25, 0.3) is 17.2 Å². The van der Waals surface area contributed by atoms with Crippen molar-refractivity contribution in [2.75, 3.05) is 13.2 Å². The number of pyridine rings is 1. The second-order valence-electron chi connectivity index (χ2n) is 6.72. The monoisotopic (exact) mass is 406 g/mol. The van der Waals surface area contributed by atoms with Crippen molar-refractivity contribution in [3.63, 3.8) is 0 Å². The summed E-state index contributed by atoms with van der Waals surface area (Å²) in [6.07, 6.45) is 4.59. The number of hydrogen-bond acceptors (Lipinski definition) is 3. The van der Waals surface area contributed by atoms with Crippen LogP contribution in [0, 0.1) is 0 Å². The van der Waals surface area contributed by atoms with Gasteiger partial charge in [-0.2, -0.15) is 0 Å². The van der Waals surface area contributed by atoms with Gasteiger partial charge in [-0.1, -0.05) is 72.3 Å². The summed E-state index contributed by atoms with van der Waals surface area (Å²) < 4.78 is 5.47. The lowest BCUT2D eigenvalue weighted by Crippen LogP contribution is -2.26. The van der Waals surface area contributed by atoms with Gasteiger partial charge in [-0.3, -0.25) is 4.79 Å². The number of nitrogens with one attached hydrogen (secondary N) is 2. The van der Waals surface area contributed by atoms with Gasteiger partial charge in [0.15, 0.2) is 0 Å². The van der Waals surface area contributed by atoms with Crippen LogP contribution in [0.2, 0.25) is 5.02 Å². The Morgan fingerprint density at radius 2 is 1.76 bits per heavy atom. The lowest BCUT2D eigenvalue weighted by atomic mass is 9.98. The van der Waals surface area contributed by atoms with Crippen LogP contribution in [0.4, 0.5) is 4.79 Å². The molecule has 1 heterocycles. The summed E-state index contributed by atoms with van der Waals surface area (Å²) in [7, 11) is 0. The molecule has 3 aromatic rings. The Balaban J connectivity index is 1.34. The number of ether oxygens (including phenoxy) is 1. The van der Waals surface area contributed by atoms with Crippen molar-refractivity contribution in [1.82, 2.24) is 10.3 Å². The molecule has 0 bridgehead atoms. The quantitative estimate of drug-likeness (QED) is 0.651. The molecule has 4 rings (SSSR count). The Kier molecular flexibility index (Phi) is 5.49. The van der Waals surface area contributed by atoms with E-state index in [0.717, 1.165) is 5.56 Å². The molecule has 6 heteroatoms. The van der Waals surface area contributed by atoms with Crippen LogP contribution in [-0.2, 0) is 4.74 Å². The topological polar surface area (TPSA) is 71.2 Å². The predicted molar refractivity (Wildman–Crippen MR) is 114 cm³/mol. The van der Waals surface area contributed by atoms with Gasteiger partial charge in [-0.05, 0) is 33.9 Å². The molecule has 0 atom stereocenters. The van der Waals surface area contributed by atoms with Gasteiger partial charge in [0.2, 0.25) is 0 Å². The van der Waals surface area contributed by atoms with E-state index in [2.05, 4.69) is 34.6 Å². The normalized spacial score (nSPS) is 12.6. The van der Waals surface area contributed by atoms with Crippen LogP contribution in [0.1, 0.15) is 22.6 Å². The molecule has 0 spiro atoms. The zero-order chi connectivity index (χ0) is 20.2. The number of carbonyl (C=O) groups is 1. The number of benzene rings is 2. The van der Waals surface area contributed by atoms with E-state index in [1.54, 1.807) is 24.4 Å². The van der Waals surface area contributed by atoms with E-state index < -0.39 is 6.09 Å². The first kappa shape index (κ1) is 19.0. The summed E-state index contributed by atoms with van der Waals surface area (Å²) in [6, 6.07) is 18.0. The fourth-order valence-electron chi connectivity index (χ4n) is 3.55. The fourth-order valence-corrected chi connectivity index (χ4v) is 3.73. The zero-order valence-corrected chi connectivity index (χ0v) is 16.3. The molecular formula is C23H19ClN2O3. The Morgan fingerprint density at radius 3 is 2.41 bits per heavy atom. The molecular weight excluding hydrogens is 388 g/mol. The number of halogens is 1. The molecule has 146 valence electrons. The third kappa shape index (κ3) is 4.10. The van der Waals surface area contributed by atoms with Gasteiger partial charge in [-0.25, -0.2) is 4.79 Å². The van der Waals surface area contributed by atoms with Gasteiger partial charge in [0, 0.05) is 18.7 Å². The Bertz CT molecular complexity index is 1090. The van der Waals surface area contributed by atoms with Crippen molar-refractivity contribution in [2.45, 2.75) is 5.92 Å². The summed E-state index contributed by atoms with van der Waals surface area (Å²) in [5.41, 5.74) is 5.15. The van der Waals surface area contributed by atoms with E-state index in [-0.39, 0.29) is 23.1 Å². The van der Waals surface area contributed by atoms with Crippen LogP contribution in [0.5, 0.6) is 0 Å². The molecule has 2 aromatic carbocycles. The summed E-state index contributed by atoms with van der Waals surface area (Å²) in [6.45, 7) is 0.576. The molecule has 0 aliphatic heterocycles. The van der Waals surface area contributed by atoms with Crippen LogP contribution in [-0.4, -0.2) is 24.2 Å². The SMILES string of the molecule is O=C(NCC=Cc1c[nH]c(=O)c(Cl)c1)OCC1c2ccccc2-c2ccccc21. The van der Waals surface area contributed by atoms with Crippen molar-refractivity contribution < 1.29 is 9.53 Å². The van der Waals surface area contributed by atoms with E-state index in [1.165, 1.54) is 22.3 Å². The second kappa shape index (κ2) is 8.37. The molecule has 1 aliphatic rings. The zero-order valence-electron chi connectivity index (χ0n) is 15.5. The Morgan fingerprint density at radius 1 is 1.10 bits per heavy atom. The highest BCUT2D eigenvalue weighted by molar-refractivity contribution is 6.30. The van der Waals surface area contributed by atoms with Crippen molar-refractivity contribution in [3.8, 4) is 11.1 Å². The first-order valence-corrected chi connectivity index (χ1v) is 9.65. The molecule has 0 fully saturated rings. The molecule has 1 amide bonds. The molecule has 5 nitrogen and oxygen atoms in total. The Hall–Kier alpha value is -3.31. The molecule has 1 aromatic heterocycles. The smallest absolute Gasteiger partial charge is 0.407 e. The van der Waals surface area contributed by atoms with Gasteiger partial charge >= 0.3 is 6.09 Å². The lowest BCUT2D eigenvalue weighted by molar-refractivity contribution is 0.144. The van der Waals surface area contributed by atoms with E-state index in [0.29, 0.717) is 6.54 Å². The first-order valence-electron chi connectivity index (χ1n) is 9.27. The van der Waals surface area contributed by atoms with E-state index in [1.807, 2.05) is 24.3 Å². The maximum atomic E-state index is 12.1. The second-order valence-corrected chi connectivity index (χ2v) is 7.13. The van der Waals surface area contributed by atoms with E-state index in [9.17, 15) is 9.59 Å². The maximum Gasteiger partial charge on any atom is 0.407 e. The third-order valence-corrected chi connectivity index (χ3v) is 5.18.